The van der Waals surface area contributed by atoms with Crippen LogP contribution in [0.3, 0.4) is 0 Å². The SMILES string of the molecule is O=C1NC2N=CC=C2O1. The van der Waals surface area contributed by atoms with E-state index in [1.807, 2.05) is 0 Å². The van der Waals surface area contributed by atoms with Gasteiger partial charge in [-0.15, -0.1) is 0 Å². The minimum Gasteiger partial charge on any atom is -0.410 e. The van der Waals surface area contributed by atoms with Gasteiger partial charge in [-0.25, -0.2) is 4.79 Å². The second-order valence-electron chi connectivity index (χ2n) is 1.80. The number of ether oxygens (including phenoxy) is 1. The molecule has 4 heteroatoms. The number of hydrogen-bond donors (Lipinski definition) is 1. The fourth-order valence-electron chi connectivity index (χ4n) is 0.814. The monoisotopic (exact) mass is 124 g/mol. The Kier molecular flexibility index (Phi) is 0.677. The van der Waals surface area contributed by atoms with Gasteiger partial charge in [0.2, 0.25) is 0 Å². The number of alkyl carbamates (subject to hydrolysis) is 1. The normalized spacial score (nSPS) is 29.1. The van der Waals surface area contributed by atoms with Crippen molar-refractivity contribution in [1.29, 1.82) is 0 Å². The molecule has 2 heterocycles. The van der Waals surface area contributed by atoms with E-state index in [9.17, 15) is 4.79 Å². The Hall–Kier alpha value is -1.32. The number of nitrogens with one attached hydrogen (secondary N) is 1. The van der Waals surface area contributed by atoms with Gasteiger partial charge in [0.05, 0.1) is 0 Å². The first kappa shape index (κ1) is 4.55. The minimum atomic E-state index is -0.414. The van der Waals surface area contributed by atoms with E-state index in [-0.39, 0.29) is 6.17 Å². The predicted molar refractivity (Wildman–Crippen MR) is 30.0 cm³/mol. The predicted octanol–water partition coefficient (Wildman–Crippen LogP) is 0.0206. The second-order valence-corrected chi connectivity index (χ2v) is 1.80. The lowest BCUT2D eigenvalue weighted by molar-refractivity contribution is 0.195. The molecule has 0 aromatic heterocycles. The molecule has 0 aromatic rings. The van der Waals surface area contributed by atoms with Crippen molar-refractivity contribution in [3.05, 3.63) is 11.8 Å². The number of hydrogen-bond acceptors (Lipinski definition) is 3. The van der Waals surface area contributed by atoms with Crippen LogP contribution in [0.2, 0.25) is 0 Å². The molecular formula is C5H4N2O2. The number of carbonyl (C=O) groups is 1. The number of amides is 1. The van der Waals surface area contributed by atoms with Gasteiger partial charge in [0, 0.05) is 6.21 Å². The van der Waals surface area contributed by atoms with E-state index in [1.165, 1.54) is 0 Å². The van der Waals surface area contributed by atoms with Crippen LogP contribution >= 0.6 is 0 Å². The van der Waals surface area contributed by atoms with E-state index in [0.29, 0.717) is 5.76 Å². The Morgan fingerprint density at radius 1 is 1.78 bits per heavy atom. The Bertz CT molecular complexity index is 219. The summed E-state index contributed by atoms with van der Waals surface area (Å²) in [7, 11) is 0. The molecule has 46 valence electrons. The Morgan fingerprint density at radius 2 is 2.67 bits per heavy atom. The fraction of sp³-hybridized carbons (Fsp3) is 0.200. The number of aliphatic imine (C=N–C) groups is 1. The number of rotatable bonds is 0. The molecule has 0 radical (unpaired) electrons. The summed E-state index contributed by atoms with van der Waals surface area (Å²) in [5.41, 5.74) is 0. The van der Waals surface area contributed by atoms with E-state index < -0.39 is 6.09 Å². The molecule has 1 fully saturated rings. The van der Waals surface area contributed by atoms with Gasteiger partial charge in [-0.2, -0.15) is 0 Å². The average molecular weight is 124 g/mol. The van der Waals surface area contributed by atoms with Crippen molar-refractivity contribution in [3.63, 3.8) is 0 Å². The zero-order valence-electron chi connectivity index (χ0n) is 4.50. The summed E-state index contributed by atoms with van der Waals surface area (Å²) in [6.45, 7) is 0. The molecule has 0 aliphatic carbocycles. The van der Waals surface area contributed by atoms with E-state index in [4.69, 9.17) is 0 Å². The summed E-state index contributed by atoms with van der Waals surface area (Å²) in [6.07, 6.45) is 2.63. The van der Waals surface area contributed by atoms with Crippen molar-refractivity contribution in [2.45, 2.75) is 6.17 Å². The Morgan fingerprint density at radius 3 is 3.44 bits per heavy atom. The largest absolute Gasteiger partial charge is 0.414 e. The lowest BCUT2D eigenvalue weighted by Crippen LogP contribution is -2.21. The third kappa shape index (κ3) is 0.526. The zero-order chi connectivity index (χ0) is 6.27. The zero-order valence-corrected chi connectivity index (χ0v) is 4.50. The van der Waals surface area contributed by atoms with Crippen molar-refractivity contribution >= 4 is 12.3 Å². The van der Waals surface area contributed by atoms with Gasteiger partial charge in [-0.1, -0.05) is 0 Å². The summed E-state index contributed by atoms with van der Waals surface area (Å²) in [6, 6.07) is 0. The maximum Gasteiger partial charge on any atom is 0.414 e. The van der Waals surface area contributed by atoms with Gasteiger partial charge in [0.25, 0.3) is 0 Å². The first-order valence-corrected chi connectivity index (χ1v) is 2.58. The van der Waals surface area contributed by atoms with Crippen LogP contribution < -0.4 is 5.32 Å². The third-order valence-electron chi connectivity index (χ3n) is 1.21. The second kappa shape index (κ2) is 1.34. The van der Waals surface area contributed by atoms with Crippen LogP contribution in [0.15, 0.2) is 16.8 Å². The molecule has 1 N–H and O–H groups in total. The van der Waals surface area contributed by atoms with Crippen LogP contribution in [0, 0.1) is 0 Å². The van der Waals surface area contributed by atoms with Crippen LogP contribution in [0.25, 0.3) is 0 Å². The lowest BCUT2D eigenvalue weighted by Gasteiger charge is -1.92. The van der Waals surface area contributed by atoms with E-state index >= 15 is 0 Å². The molecule has 1 unspecified atom stereocenters. The van der Waals surface area contributed by atoms with Gasteiger partial charge in [0.15, 0.2) is 11.9 Å². The number of allylic oxidation sites excluding steroid dienone is 1. The molecule has 9 heavy (non-hydrogen) atoms. The third-order valence-corrected chi connectivity index (χ3v) is 1.21. The summed E-state index contributed by atoms with van der Waals surface area (Å²) >= 11 is 0. The highest BCUT2D eigenvalue weighted by Crippen LogP contribution is 2.16. The van der Waals surface area contributed by atoms with E-state index in [1.54, 1.807) is 12.3 Å². The number of fused-ring (bicyclic) bond motifs is 1. The smallest absolute Gasteiger partial charge is 0.410 e. The van der Waals surface area contributed by atoms with Crippen molar-refractivity contribution in [2.24, 2.45) is 4.99 Å². The van der Waals surface area contributed by atoms with Crippen molar-refractivity contribution in [3.8, 4) is 0 Å². The molecule has 4 nitrogen and oxygen atoms in total. The summed E-state index contributed by atoms with van der Waals surface area (Å²) in [5.74, 6) is 0.597. The molecule has 1 atom stereocenters. The summed E-state index contributed by atoms with van der Waals surface area (Å²) in [5, 5.41) is 2.49. The van der Waals surface area contributed by atoms with E-state index in [2.05, 4.69) is 15.0 Å². The standard InChI is InChI=1S/C5H4N2O2/c8-5-7-4-3(9-5)1-2-6-4/h1-2,4H,(H,7,8). The Labute approximate surface area is 51.2 Å². The number of carbonyl (C=O) groups excluding carboxylic acids is 1. The van der Waals surface area contributed by atoms with Crippen molar-refractivity contribution in [2.75, 3.05) is 0 Å². The molecule has 1 saturated heterocycles. The quantitative estimate of drug-likeness (QED) is 0.495. The Balaban J connectivity index is 2.30. The first-order chi connectivity index (χ1) is 4.36. The lowest BCUT2D eigenvalue weighted by atomic mass is 10.4. The minimum absolute atomic E-state index is 0.238. The van der Waals surface area contributed by atoms with Gasteiger partial charge >= 0.3 is 6.09 Å². The maximum atomic E-state index is 10.4. The molecular weight excluding hydrogens is 120 g/mol. The summed E-state index contributed by atoms with van der Waals surface area (Å²) < 4.78 is 4.67. The van der Waals surface area contributed by atoms with Crippen LogP contribution in [0.1, 0.15) is 0 Å². The molecule has 1 amide bonds. The molecule has 2 aliphatic heterocycles. The number of nitrogens with zero attached hydrogens (tertiary/aromatic N) is 1. The van der Waals surface area contributed by atoms with Crippen LogP contribution in [-0.4, -0.2) is 18.5 Å². The van der Waals surface area contributed by atoms with Crippen LogP contribution in [0.5, 0.6) is 0 Å². The summed E-state index contributed by atoms with van der Waals surface area (Å²) in [4.78, 5) is 14.3. The van der Waals surface area contributed by atoms with Crippen molar-refractivity contribution < 1.29 is 9.53 Å². The highest BCUT2D eigenvalue weighted by Gasteiger charge is 2.29. The van der Waals surface area contributed by atoms with Crippen molar-refractivity contribution in [1.82, 2.24) is 5.32 Å². The molecule has 0 aromatic carbocycles. The topological polar surface area (TPSA) is 50.7 Å². The van der Waals surface area contributed by atoms with E-state index in [0.717, 1.165) is 0 Å². The molecule has 0 spiro atoms. The van der Waals surface area contributed by atoms with Gasteiger partial charge < -0.3 is 4.74 Å². The molecule has 0 bridgehead atoms. The van der Waals surface area contributed by atoms with Gasteiger partial charge in [0.1, 0.15) is 0 Å². The average Bonchev–Trinajstić information content (AvgIpc) is 2.22. The fourth-order valence-corrected chi connectivity index (χ4v) is 0.814. The van der Waals surface area contributed by atoms with Gasteiger partial charge in [-0.05, 0) is 6.08 Å². The highest BCUT2D eigenvalue weighted by atomic mass is 16.6. The van der Waals surface area contributed by atoms with Gasteiger partial charge in [-0.3, -0.25) is 10.3 Å². The van der Waals surface area contributed by atoms with Crippen LogP contribution in [-0.2, 0) is 4.74 Å². The maximum absolute atomic E-state index is 10.4. The molecule has 2 rings (SSSR count). The molecule has 2 aliphatic rings. The highest BCUT2D eigenvalue weighted by molar-refractivity contribution is 5.81. The van der Waals surface area contributed by atoms with Crippen LogP contribution in [0.4, 0.5) is 4.79 Å². The first-order valence-electron chi connectivity index (χ1n) is 2.58. The molecule has 0 saturated carbocycles.